The molecular formula is C15H25N3O. The van der Waals surface area contributed by atoms with Crippen molar-refractivity contribution in [1.82, 2.24) is 4.98 Å². The van der Waals surface area contributed by atoms with Gasteiger partial charge in [0.1, 0.15) is 5.82 Å². The van der Waals surface area contributed by atoms with Gasteiger partial charge in [0, 0.05) is 19.7 Å². The number of carbonyl (C=O) groups is 1. The molecule has 1 heterocycles. The minimum absolute atomic E-state index is 0.122. The van der Waals surface area contributed by atoms with E-state index in [0.717, 1.165) is 25.7 Å². The Bertz CT molecular complexity index is 361. The lowest BCUT2D eigenvalue weighted by Gasteiger charge is -2.19. The third kappa shape index (κ3) is 5.39. The molecule has 1 atom stereocenters. The maximum absolute atomic E-state index is 12.1. The largest absolute Gasteiger partial charge is 0.330 e. The number of hydrogen-bond acceptors (Lipinski definition) is 3. The lowest BCUT2D eigenvalue weighted by Crippen LogP contribution is -2.27. The Balaban J connectivity index is 2.45. The summed E-state index contributed by atoms with van der Waals surface area (Å²) in [6.07, 6.45) is 6.49. The summed E-state index contributed by atoms with van der Waals surface area (Å²) in [5, 5.41) is 0. The molecule has 1 amide bonds. The van der Waals surface area contributed by atoms with E-state index >= 15 is 0 Å². The molecule has 4 heteroatoms. The van der Waals surface area contributed by atoms with Crippen LogP contribution in [0, 0.1) is 5.92 Å². The molecule has 1 rings (SSSR count). The molecule has 0 fully saturated rings. The lowest BCUT2D eigenvalue weighted by molar-refractivity contribution is -0.118. The SMILES string of the molecule is CCCC(CCN)CCC(=O)N(C)c1ccccn1. The maximum atomic E-state index is 12.1. The molecule has 0 radical (unpaired) electrons. The van der Waals surface area contributed by atoms with Crippen LogP contribution in [0.25, 0.3) is 0 Å². The average Bonchev–Trinajstić information content (AvgIpc) is 2.45. The Morgan fingerprint density at radius 2 is 2.16 bits per heavy atom. The van der Waals surface area contributed by atoms with Crippen LogP contribution in [0.4, 0.5) is 5.82 Å². The molecule has 106 valence electrons. The van der Waals surface area contributed by atoms with Gasteiger partial charge in [-0.05, 0) is 37.4 Å². The van der Waals surface area contributed by atoms with Crippen molar-refractivity contribution in [1.29, 1.82) is 0 Å². The van der Waals surface area contributed by atoms with Crippen molar-refractivity contribution >= 4 is 11.7 Å². The summed E-state index contributed by atoms with van der Waals surface area (Å²) in [5.41, 5.74) is 5.61. The fourth-order valence-corrected chi connectivity index (χ4v) is 2.25. The van der Waals surface area contributed by atoms with E-state index < -0.39 is 0 Å². The standard InChI is InChI=1S/C15H25N3O/c1-3-6-13(10-11-16)8-9-15(19)18(2)14-7-4-5-12-17-14/h4-5,7,12-13H,3,6,8-11,16H2,1-2H3. The van der Waals surface area contributed by atoms with Crippen LogP contribution >= 0.6 is 0 Å². The molecule has 1 unspecified atom stereocenters. The van der Waals surface area contributed by atoms with Crippen molar-refractivity contribution in [3.05, 3.63) is 24.4 Å². The third-order valence-electron chi connectivity index (χ3n) is 3.41. The van der Waals surface area contributed by atoms with Crippen molar-refractivity contribution in [2.24, 2.45) is 11.7 Å². The Kier molecular flexibility index (Phi) is 7.11. The van der Waals surface area contributed by atoms with Crippen molar-refractivity contribution in [3.63, 3.8) is 0 Å². The van der Waals surface area contributed by atoms with Crippen LogP contribution in [0.3, 0.4) is 0 Å². The van der Waals surface area contributed by atoms with Gasteiger partial charge in [-0.2, -0.15) is 0 Å². The molecule has 0 bridgehead atoms. The van der Waals surface area contributed by atoms with Crippen molar-refractivity contribution in [2.45, 2.75) is 39.0 Å². The van der Waals surface area contributed by atoms with Crippen molar-refractivity contribution < 1.29 is 4.79 Å². The molecule has 0 aliphatic heterocycles. The van der Waals surface area contributed by atoms with Crippen LogP contribution < -0.4 is 10.6 Å². The van der Waals surface area contributed by atoms with E-state index in [9.17, 15) is 4.79 Å². The Morgan fingerprint density at radius 1 is 1.37 bits per heavy atom. The quantitative estimate of drug-likeness (QED) is 0.784. The number of amides is 1. The summed E-state index contributed by atoms with van der Waals surface area (Å²) in [6, 6.07) is 5.59. The van der Waals surface area contributed by atoms with Gasteiger partial charge in [-0.1, -0.05) is 25.8 Å². The van der Waals surface area contributed by atoms with E-state index in [1.54, 1.807) is 18.1 Å². The van der Waals surface area contributed by atoms with E-state index in [1.165, 1.54) is 0 Å². The van der Waals surface area contributed by atoms with Gasteiger partial charge in [0.2, 0.25) is 5.91 Å². The molecule has 0 saturated heterocycles. The highest BCUT2D eigenvalue weighted by Gasteiger charge is 2.14. The van der Waals surface area contributed by atoms with Crippen LogP contribution in [0.2, 0.25) is 0 Å². The molecule has 4 nitrogen and oxygen atoms in total. The topological polar surface area (TPSA) is 59.2 Å². The molecule has 1 aromatic rings. The van der Waals surface area contributed by atoms with E-state index in [0.29, 0.717) is 24.7 Å². The second-order valence-electron chi connectivity index (χ2n) is 4.91. The van der Waals surface area contributed by atoms with Crippen molar-refractivity contribution in [2.75, 3.05) is 18.5 Å². The fourth-order valence-electron chi connectivity index (χ4n) is 2.25. The zero-order valence-corrected chi connectivity index (χ0v) is 12.0. The monoisotopic (exact) mass is 263 g/mol. The molecule has 0 aromatic carbocycles. The lowest BCUT2D eigenvalue weighted by atomic mass is 9.94. The normalized spacial score (nSPS) is 12.2. The predicted octanol–water partition coefficient (Wildman–Crippen LogP) is 2.59. The van der Waals surface area contributed by atoms with E-state index in [2.05, 4.69) is 11.9 Å². The first-order valence-corrected chi connectivity index (χ1v) is 7.06. The third-order valence-corrected chi connectivity index (χ3v) is 3.41. The van der Waals surface area contributed by atoms with E-state index in [4.69, 9.17) is 5.73 Å². The van der Waals surface area contributed by atoms with Crippen molar-refractivity contribution in [3.8, 4) is 0 Å². The molecule has 0 aliphatic carbocycles. The number of pyridine rings is 1. The Hall–Kier alpha value is -1.42. The minimum Gasteiger partial charge on any atom is -0.330 e. The van der Waals surface area contributed by atoms with Gasteiger partial charge in [0.05, 0.1) is 0 Å². The first-order chi connectivity index (χ1) is 9.19. The zero-order chi connectivity index (χ0) is 14.1. The van der Waals surface area contributed by atoms with Gasteiger partial charge >= 0.3 is 0 Å². The molecule has 0 spiro atoms. The van der Waals surface area contributed by atoms with Crippen LogP contribution in [0.1, 0.15) is 39.0 Å². The molecule has 0 aliphatic rings. The molecule has 19 heavy (non-hydrogen) atoms. The second kappa shape index (κ2) is 8.64. The molecule has 2 N–H and O–H groups in total. The fraction of sp³-hybridized carbons (Fsp3) is 0.600. The summed E-state index contributed by atoms with van der Waals surface area (Å²) in [6.45, 7) is 2.88. The molecular weight excluding hydrogens is 238 g/mol. The summed E-state index contributed by atoms with van der Waals surface area (Å²) < 4.78 is 0. The van der Waals surface area contributed by atoms with Gasteiger partial charge in [-0.15, -0.1) is 0 Å². The van der Waals surface area contributed by atoms with E-state index in [1.807, 2.05) is 18.2 Å². The zero-order valence-electron chi connectivity index (χ0n) is 12.0. The number of hydrogen-bond donors (Lipinski definition) is 1. The summed E-state index contributed by atoms with van der Waals surface area (Å²) in [4.78, 5) is 17.9. The van der Waals surface area contributed by atoms with Gasteiger partial charge < -0.3 is 5.73 Å². The van der Waals surface area contributed by atoms with Gasteiger partial charge in [-0.3, -0.25) is 9.69 Å². The van der Waals surface area contributed by atoms with Gasteiger partial charge in [-0.25, -0.2) is 4.98 Å². The van der Waals surface area contributed by atoms with Crippen LogP contribution in [-0.2, 0) is 4.79 Å². The highest BCUT2D eigenvalue weighted by molar-refractivity contribution is 5.91. The van der Waals surface area contributed by atoms with Crippen LogP contribution in [0.5, 0.6) is 0 Å². The highest BCUT2D eigenvalue weighted by atomic mass is 16.2. The number of aromatic nitrogens is 1. The maximum Gasteiger partial charge on any atom is 0.227 e. The first kappa shape index (κ1) is 15.6. The first-order valence-electron chi connectivity index (χ1n) is 7.06. The summed E-state index contributed by atoms with van der Waals surface area (Å²) in [5.74, 6) is 1.39. The number of rotatable bonds is 8. The predicted molar refractivity (Wildman–Crippen MR) is 79.0 cm³/mol. The smallest absolute Gasteiger partial charge is 0.227 e. The van der Waals surface area contributed by atoms with E-state index in [-0.39, 0.29) is 5.91 Å². The number of nitrogens with zero attached hydrogens (tertiary/aromatic N) is 2. The molecule has 1 aromatic heterocycles. The summed E-state index contributed by atoms with van der Waals surface area (Å²) in [7, 11) is 1.78. The number of nitrogens with two attached hydrogens (primary N) is 1. The van der Waals surface area contributed by atoms with Crippen LogP contribution in [-0.4, -0.2) is 24.5 Å². The molecule has 0 saturated carbocycles. The van der Waals surface area contributed by atoms with Gasteiger partial charge in [0.15, 0.2) is 0 Å². The minimum atomic E-state index is 0.122. The second-order valence-corrected chi connectivity index (χ2v) is 4.91. The number of anilines is 1. The Morgan fingerprint density at radius 3 is 2.74 bits per heavy atom. The summed E-state index contributed by atoms with van der Waals surface area (Å²) >= 11 is 0. The highest BCUT2D eigenvalue weighted by Crippen LogP contribution is 2.18. The number of carbonyl (C=O) groups excluding carboxylic acids is 1. The van der Waals surface area contributed by atoms with Gasteiger partial charge in [0.25, 0.3) is 0 Å². The Labute approximate surface area is 116 Å². The van der Waals surface area contributed by atoms with Crippen LogP contribution in [0.15, 0.2) is 24.4 Å². The average molecular weight is 263 g/mol.